The van der Waals surface area contributed by atoms with E-state index in [1.165, 1.54) is 7.11 Å². The number of benzene rings is 1. The van der Waals surface area contributed by atoms with Crippen LogP contribution in [0.15, 0.2) is 18.2 Å². The van der Waals surface area contributed by atoms with Gasteiger partial charge in [0.2, 0.25) is 0 Å². The van der Waals surface area contributed by atoms with E-state index in [-0.39, 0.29) is 23.6 Å². The van der Waals surface area contributed by atoms with Crippen molar-refractivity contribution in [3.05, 3.63) is 23.8 Å². The molecule has 1 rings (SSSR count). The number of carbonyl (C=O) groups is 2. The molecule has 6 heteroatoms. The van der Waals surface area contributed by atoms with Crippen LogP contribution < -0.4 is 16.2 Å². The standard InChI is InChI=1S/C13H18N2O4/c1-13(2,12(17)18-3)7-19-9-6-4-5-8(14)10(9)11(15)16/h4-6H,7,14H2,1-3H3,(H2,15,16). The topological polar surface area (TPSA) is 105 Å². The number of methoxy groups -OCH3 is 1. The third-order valence-corrected chi connectivity index (χ3v) is 2.63. The molecule has 0 aliphatic rings. The molecule has 4 N–H and O–H groups in total. The first-order valence-electron chi connectivity index (χ1n) is 5.69. The summed E-state index contributed by atoms with van der Waals surface area (Å²) in [7, 11) is 1.30. The van der Waals surface area contributed by atoms with Crippen LogP contribution in [-0.4, -0.2) is 25.6 Å². The SMILES string of the molecule is COC(=O)C(C)(C)COc1cccc(N)c1C(N)=O. The van der Waals surface area contributed by atoms with Crippen molar-refractivity contribution in [3.8, 4) is 5.75 Å². The second-order valence-corrected chi connectivity index (χ2v) is 4.75. The Balaban J connectivity index is 2.93. The Labute approximate surface area is 111 Å². The second-order valence-electron chi connectivity index (χ2n) is 4.75. The number of ether oxygens (including phenoxy) is 2. The highest BCUT2D eigenvalue weighted by Gasteiger charge is 2.30. The van der Waals surface area contributed by atoms with Gasteiger partial charge in [-0.15, -0.1) is 0 Å². The highest BCUT2D eigenvalue weighted by atomic mass is 16.5. The maximum Gasteiger partial charge on any atom is 0.314 e. The van der Waals surface area contributed by atoms with Gasteiger partial charge < -0.3 is 20.9 Å². The van der Waals surface area contributed by atoms with E-state index in [1.54, 1.807) is 32.0 Å². The minimum Gasteiger partial charge on any atom is -0.492 e. The number of hydrogen-bond donors (Lipinski definition) is 2. The average Bonchev–Trinajstić information content (AvgIpc) is 2.34. The summed E-state index contributed by atoms with van der Waals surface area (Å²) in [5.74, 6) is -0.828. The number of nitrogens with two attached hydrogens (primary N) is 2. The van der Waals surface area contributed by atoms with Gasteiger partial charge in [-0.1, -0.05) is 6.07 Å². The molecule has 6 nitrogen and oxygen atoms in total. The highest BCUT2D eigenvalue weighted by molar-refractivity contribution is 6.00. The number of rotatable bonds is 5. The van der Waals surface area contributed by atoms with Gasteiger partial charge in [-0.05, 0) is 26.0 Å². The van der Waals surface area contributed by atoms with Crippen molar-refractivity contribution in [1.82, 2.24) is 0 Å². The lowest BCUT2D eigenvalue weighted by Crippen LogP contribution is -2.32. The number of anilines is 1. The Morgan fingerprint density at radius 3 is 2.47 bits per heavy atom. The van der Waals surface area contributed by atoms with Crippen LogP contribution in [-0.2, 0) is 9.53 Å². The zero-order chi connectivity index (χ0) is 14.6. The molecule has 19 heavy (non-hydrogen) atoms. The van der Waals surface area contributed by atoms with Gasteiger partial charge in [0, 0.05) is 5.69 Å². The second kappa shape index (κ2) is 5.60. The van der Waals surface area contributed by atoms with Gasteiger partial charge in [-0.25, -0.2) is 0 Å². The van der Waals surface area contributed by atoms with Gasteiger partial charge in [0.15, 0.2) is 0 Å². The van der Waals surface area contributed by atoms with Crippen LogP contribution in [0.5, 0.6) is 5.75 Å². The molecule has 0 spiro atoms. The molecule has 0 fully saturated rings. The minimum atomic E-state index is -0.839. The van der Waals surface area contributed by atoms with Crippen LogP contribution >= 0.6 is 0 Å². The van der Waals surface area contributed by atoms with Gasteiger partial charge in [0.1, 0.15) is 17.9 Å². The lowest BCUT2D eigenvalue weighted by atomic mass is 9.95. The third kappa shape index (κ3) is 3.37. The molecular weight excluding hydrogens is 248 g/mol. The molecule has 0 bridgehead atoms. The molecule has 0 aliphatic carbocycles. The van der Waals surface area contributed by atoms with Crippen LogP contribution in [0.25, 0.3) is 0 Å². The number of nitrogen functional groups attached to an aromatic ring is 1. The van der Waals surface area contributed by atoms with Gasteiger partial charge in [-0.3, -0.25) is 9.59 Å². The van der Waals surface area contributed by atoms with Crippen molar-refractivity contribution < 1.29 is 19.1 Å². The summed E-state index contributed by atoms with van der Waals surface area (Å²) >= 11 is 0. The molecule has 1 amide bonds. The lowest BCUT2D eigenvalue weighted by molar-refractivity contribution is -0.152. The minimum absolute atomic E-state index is 0.0450. The summed E-state index contributed by atoms with van der Waals surface area (Å²) in [6, 6.07) is 4.77. The van der Waals surface area contributed by atoms with Gasteiger partial charge in [-0.2, -0.15) is 0 Å². The molecule has 0 unspecified atom stereocenters. The summed E-state index contributed by atoms with van der Waals surface area (Å²) in [6.45, 7) is 3.40. The van der Waals surface area contributed by atoms with Crippen molar-refractivity contribution in [1.29, 1.82) is 0 Å². The lowest BCUT2D eigenvalue weighted by Gasteiger charge is -2.22. The first kappa shape index (κ1) is 14.8. The molecule has 0 heterocycles. The molecule has 1 aromatic rings. The van der Waals surface area contributed by atoms with E-state index < -0.39 is 17.3 Å². The molecule has 0 saturated heterocycles. The Bertz CT molecular complexity index is 497. The number of hydrogen-bond acceptors (Lipinski definition) is 5. The number of primary amides is 1. The smallest absolute Gasteiger partial charge is 0.314 e. The average molecular weight is 266 g/mol. The van der Waals surface area contributed by atoms with Crippen LogP contribution in [0, 0.1) is 5.41 Å². The van der Waals surface area contributed by atoms with Crippen molar-refractivity contribution in [2.75, 3.05) is 19.5 Å². The predicted molar refractivity (Wildman–Crippen MR) is 70.7 cm³/mol. The fourth-order valence-electron chi connectivity index (χ4n) is 1.53. The fraction of sp³-hybridized carbons (Fsp3) is 0.385. The maximum absolute atomic E-state index is 11.5. The van der Waals surface area contributed by atoms with E-state index in [1.807, 2.05) is 0 Å². The molecule has 0 aliphatic heterocycles. The van der Waals surface area contributed by atoms with Crippen molar-refractivity contribution in [3.63, 3.8) is 0 Å². The first-order valence-corrected chi connectivity index (χ1v) is 5.69. The zero-order valence-electron chi connectivity index (χ0n) is 11.2. The molecule has 0 radical (unpaired) electrons. The summed E-state index contributed by atoms with van der Waals surface area (Å²) in [4.78, 5) is 22.8. The summed E-state index contributed by atoms with van der Waals surface area (Å²) < 4.78 is 10.2. The Morgan fingerprint density at radius 1 is 1.32 bits per heavy atom. The molecule has 104 valence electrons. The molecular formula is C13H18N2O4. The Hall–Kier alpha value is -2.24. The van der Waals surface area contributed by atoms with E-state index in [9.17, 15) is 9.59 Å². The molecule has 0 aromatic heterocycles. The van der Waals surface area contributed by atoms with Crippen LogP contribution in [0.2, 0.25) is 0 Å². The van der Waals surface area contributed by atoms with E-state index in [0.29, 0.717) is 0 Å². The monoisotopic (exact) mass is 266 g/mol. The van der Waals surface area contributed by atoms with Crippen molar-refractivity contribution in [2.45, 2.75) is 13.8 Å². The van der Waals surface area contributed by atoms with Gasteiger partial charge in [0.05, 0.1) is 12.5 Å². The molecule has 0 saturated carbocycles. The summed E-state index contributed by atoms with van der Waals surface area (Å²) in [5, 5.41) is 0. The normalized spacial score (nSPS) is 10.9. The Kier molecular flexibility index (Phi) is 4.37. The van der Waals surface area contributed by atoms with E-state index in [2.05, 4.69) is 4.74 Å². The number of esters is 1. The number of amides is 1. The van der Waals surface area contributed by atoms with Gasteiger partial charge >= 0.3 is 5.97 Å². The van der Waals surface area contributed by atoms with Gasteiger partial charge in [0.25, 0.3) is 5.91 Å². The van der Waals surface area contributed by atoms with E-state index >= 15 is 0 Å². The predicted octanol–water partition coefficient (Wildman–Crippen LogP) is 0.946. The van der Waals surface area contributed by atoms with Crippen LogP contribution in [0.3, 0.4) is 0 Å². The Morgan fingerprint density at radius 2 is 1.95 bits per heavy atom. The maximum atomic E-state index is 11.5. The van der Waals surface area contributed by atoms with Crippen LogP contribution in [0.4, 0.5) is 5.69 Å². The highest BCUT2D eigenvalue weighted by Crippen LogP contribution is 2.26. The fourth-order valence-corrected chi connectivity index (χ4v) is 1.53. The largest absolute Gasteiger partial charge is 0.492 e. The zero-order valence-corrected chi connectivity index (χ0v) is 11.2. The summed E-state index contributed by atoms with van der Waals surface area (Å²) in [5.41, 5.74) is 10.4. The first-order chi connectivity index (χ1) is 8.79. The summed E-state index contributed by atoms with van der Waals surface area (Å²) in [6.07, 6.45) is 0. The quantitative estimate of drug-likeness (QED) is 0.609. The molecule has 1 aromatic carbocycles. The van der Waals surface area contributed by atoms with E-state index in [0.717, 1.165) is 0 Å². The molecule has 0 atom stereocenters. The third-order valence-electron chi connectivity index (χ3n) is 2.63. The van der Waals surface area contributed by atoms with E-state index in [4.69, 9.17) is 16.2 Å². The van der Waals surface area contributed by atoms with Crippen molar-refractivity contribution in [2.24, 2.45) is 11.1 Å². The van der Waals surface area contributed by atoms with Crippen molar-refractivity contribution >= 4 is 17.6 Å². The van der Waals surface area contributed by atoms with Crippen LogP contribution in [0.1, 0.15) is 24.2 Å². The number of carbonyl (C=O) groups excluding carboxylic acids is 2.